The molecule has 0 aliphatic carbocycles. The molecule has 1 saturated heterocycles. The van der Waals surface area contributed by atoms with Gasteiger partial charge in [-0.25, -0.2) is 0 Å². The zero-order chi connectivity index (χ0) is 16.3. The average molecular weight is 306 g/mol. The summed E-state index contributed by atoms with van der Waals surface area (Å²) in [5.41, 5.74) is 4.97. The molecular formula is C15H18N2O5. The number of nitrogens with two attached hydrogens (primary N) is 1. The number of carbonyl (C=O) groups is 3. The van der Waals surface area contributed by atoms with Crippen LogP contribution in [0.3, 0.4) is 0 Å². The number of rotatable bonds is 6. The summed E-state index contributed by atoms with van der Waals surface area (Å²) in [6.07, 6.45) is -0.414. The van der Waals surface area contributed by atoms with Gasteiger partial charge in [-0.1, -0.05) is 30.3 Å². The van der Waals surface area contributed by atoms with Crippen molar-refractivity contribution in [2.45, 2.75) is 24.9 Å². The molecule has 1 heterocycles. The minimum absolute atomic E-state index is 0.148. The zero-order valence-corrected chi connectivity index (χ0v) is 11.9. The van der Waals surface area contributed by atoms with E-state index in [9.17, 15) is 19.5 Å². The fraction of sp³-hybridized carbons (Fsp3) is 0.400. The van der Waals surface area contributed by atoms with Gasteiger partial charge in [0.25, 0.3) is 0 Å². The Bertz CT molecular complexity index is 589. The van der Waals surface area contributed by atoms with Gasteiger partial charge in [-0.15, -0.1) is 0 Å². The Morgan fingerprint density at radius 3 is 2.41 bits per heavy atom. The van der Waals surface area contributed by atoms with Gasteiger partial charge in [-0.2, -0.15) is 0 Å². The summed E-state index contributed by atoms with van der Waals surface area (Å²) < 4.78 is 0. The van der Waals surface area contributed by atoms with Gasteiger partial charge in [-0.3, -0.25) is 14.4 Å². The minimum atomic E-state index is -1.73. The normalized spacial score (nSPS) is 25.6. The first-order valence-electron chi connectivity index (χ1n) is 6.90. The first kappa shape index (κ1) is 16.1. The number of nitrogens with one attached hydrogen (secondary N) is 1. The SMILES string of the molecule is NC(CC(=O)[C@]1(C(=O)O)CN[C@@H](C(=O)O)C1)c1ccccc1. The van der Waals surface area contributed by atoms with Gasteiger partial charge in [0, 0.05) is 19.0 Å². The molecule has 0 saturated carbocycles. The fourth-order valence-corrected chi connectivity index (χ4v) is 2.67. The van der Waals surface area contributed by atoms with Crippen LogP contribution >= 0.6 is 0 Å². The monoisotopic (exact) mass is 306 g/mol. The van der Waals surface area contributed by atoms with Gasteiger partial charge < -0.3 is 21.3 Å². The number of aliphatic carboxylic acids is 2. The molecule has 22 heavy (non-hydrogen) atoms. The Labute approximate surface area is 127 Å². The molecule has 1 aromatic rings. The molecule has 1 unspecified atom stereocenters. The van der Waals surface area contributed by atoms with E-state index >= 15 is 0 Å². The van der Waals surface area contributed by atoms with Crippen LogP contribution < -0.4 is 11.1 Å². The van der Waals surface area contributed by atoms with Crippen LogP contribution in [0.25, 0.3) is 0 Å². The number of carboxylic acid groups (broad SMARTS) is 2. The molecular weight excluding hydrogens is 288 g/mol. The van der Waals surface area contributed by atoms with E-state index in [0.717, 1.165) is 5.56 Å². The number of carboxylic acids is 2. The van der Waals surface area contributed by atoms with E-state index in [0.29, 0.717) is 0 Å². The average Bonchev–Trinajstić information content (AvgIpc) is 2.95. The van der Waals surface area contributed by atoms with Crippen LogP contribution in [0.1, 0.15) is 24.4 Å². The lowest BCUT2D eigenvalue weighted by atomic mass is 9.78. The van der Waals surface area contributed by atoms with Crippen molar-refractivity contribution in [3.05, 3.63) is 35.9 Å². The highest BCUT2D eigenvalue weighted by Gasteiger charge is 2.53. The van der Waals surface area contributed by atoms with Crippen molar-refractivity contribution < 1.29 is 24.6 Å². The third kappa shape index (κ3) is 3.00. The van der Waals surface area contributed by atoms with Crippen molar-refractivity contribution in [3.8, 4) is 0 Å². The van der Waals surface area contributed by atoms with Crippen molar-refractivity contribution in [2.75, 3.05) is 6.54 Å². The molecule has 1 aliphatic rings. The molecule has 7 heteroatoms. The minimum Gasteiger partial charge on any atom is -0.480 e. The summed E-state index contributed by atoms with van der Waals surface area (Å²) in [6, 6.07) is 7.25. The van der Waals surface area contributed by atoms with Crippen LogP contribution in [0, 0.1) is 5.41 Å². The first-order valence-corrected chi connectivity index (χ1v) is 6.90. The van der Waals surface area contributed by atoms with E-state index in [2.05, 4.69) is 5.32 Å². The Morgan fingerprint density at radius 1 is 1.27 bits per heavy atom. The highest BCUT2D eigenvalue weighted by atomic mass is 16.4. The summed E-state index contributed by atoms with van der Waals surface area (Å²) in [5, 5.41) is 21.0. The van der Waals surface area contributed by atoms with Crippen LogP contribution in [0.15, 0.2) is 30.3 Å². The van der Waals surface area contributed by atoms with E-state index in [4.69, 9.17) is 10.8 Å². The summed E-state index contributed by atoms with van der Waals surface area (Å²) in [7, 11) is 0. The summed E-state index contributed by atoms with van der Waals surface area (Å²) in [5.74, 6) is -3.02. The van der Waals surface area contributed by atoms with E-state index in [1.807, 2.05) is 6.07 Å². The van der Waals surface area contributed by atoms with Gasteiger partial charge in [0.2, 0.25) is 0 Å². The number of hydrogen-bond acceptors (Lipinski definition) is 5. The molecule has 7 nitrogen and oxygen atoms in total. The molecule has 1 fully saturated rings. The van der Waals surface area contributed by atoms with Gasteiger partial charge in [0.05, 0.1) is 0 Å². The number of carbonyl (C=O) groups excluding carboxylic acids is 1. The zero-order valence-electron chi connectivity index (χ0n) is 11.9. The maximum atomic E-state index is 12.5. The third-order valence-corrected chi connectivity index (χ3v) is 4.08. The lowest BCUT2D eigenvalue weighted by Gasteiger charge is -2.23. The number of hydrogen-bond donors (Lipinski definition) is 4. The van der Waals surface area contributed by atoms with Gasteiger partial charge in [0.1, 0.15) is 11.5 Å². The molecule has 0 spiro atoms. The van der Waals surface area contributed by atoms with E-state index in [-0.39, 0.29) is 19.4 Å². The second-order valence-corrected chi connectivity index (χ2v) is 5.51. The molecule has 2 rings (SSSR count). The molecule has 0 amide bonds. The summed E-state index contributed by atoms with van der Waals surface area (Å²) >= 11 is 0. The largest absolute Gasteiger partial charge is 0.480 e. The predicted molar refractivity (Wildman–Crippen MR) is 77.1 cm³/mol. The molecule has 0 aromatic heterocycles. The number of ketones is 1. The van der Waals surface area contributed by atoms with Gasteiger partial charge in [-0.05, 0) is 12.0 Å². The van der Waals surface area contributed by atoms with Crippen molar-refractivity contribution in [1.82, 2.24) is 5.32 Å². The number of Topliss-reactive ketones (excluding diaryl/α,β-unsaturated/α-hetero) is 1. The van der Waals surface area contributed by atoms with Crippen LogP contribution in [0.5, 0.6) is 0 Å². The van der Waals surface area contributed by atoms with Crippen molar-refractivity contribution in [2.24, 2.45) is 11.1 Å². The predicted octanol–water partition coefficient (Wildman–Crippen LogP) is 0.163. The standard InChI is InChI=1S/C15H18N2O5/c16-10(9-4-2-1-3-5-9)6-12(18)15(14(21)22)7-11(13(19)20)17-8-15/h1-5,10-11,17H,6-8,16H2,(H,19,20)(H,21,22)/t10?,11-,15-/m1/s1. The van der Waals surface area contributed by atoms with E-state index < -0.39 is 35.2 Å². The highest BCUT2D eigenvalue weighted by Crippen LogP contribution is 2.33. The smallest absolute Gasteiger partial charge is 0.320 e. The summed E-state index contributed by atoms with van der Waals surface area (Å²) in [6.45, 7) is -0.195. The van der Waals surface area contributed by atoms with Crippen LogP contribution in [0.2, 0.25) is 0 Å². The quantitative estimate of drug-likeness (QED) is 0.551. The molecule has 1 aromatic carbocycles. The second-order valence-electron chi connectivity index (χ2n) is 5.51. The molecule has 0 radical (unpaired) electrons. The topological polar surface area (TPSA) is 130 Å². The second kappa shape index (κ2) is 6.25. The Hall–Kier alpha value is -2.25. The lowest BCUT2D eigenvalue weighted by molar-refractivity contribution is -0.154. The molecule has 118 valence electrons. The Balaban J connectivity index is 2.15. The van der Waals surface area contributed by atoms with Crippen LogP contribution in [-0.2, 0) is 14.4 Å². The van der Waals surface area contributed by atoms with E-state index in [1.165, 1.54) is 0 Å². The Kier molecular flexibility index (Phi) is 4.58. The van der Waals surface area contributed by atoms with Crippen LogP contribution in [0.4, 0.5) is 0 Å². The molecule has 1 aliphatic heterocycles. The third-order valence-electron chi connectivity index (χ3n) is 4.08. The van der Waals surface area contributed by atoms with E-state index in [1.54, 1.807) is 24.3 Å². The van der Waals surface area contributed by atoms with Crippen molar-refractivity contribution in [1.29, 1.82) is 0 Å². The lowest BCUT2D eigenvalue weighted by Crippen LogP contribution is -2.42. The summed E-state index contributed by atoms with van der Waals surface area (Å²) in [4.78, 5) is 35.0. The molecule has 0 bridgehead atoms. The Morgan fingerprint density at radius 2 is 1.91 bits per heavy atom. The molecule has 5 N–H and O–H groups in total. The maximum absolute atomic E-state index is 12.5. The fourth-order valence-electron chi connectivity index (χ4n) is 2.67. The molecule has 3 atom stereocenters. The van der Waals surface area contributed by atoms with Crippen molar-refractivity contribution in [3.63, 3.8) is 0 Å². The van der Waals surface area contributed by atoms with Crippen molar-refractivity contribution >= 4 is 17.7 Å². The number of benzene rings is 1. The maximum Gasteiger partial charge on any atom is 0.320 e. The van der Waals surface area contributed by atoms with Gasteiger partial charge >= 0.3 is 11.9 Å². The van der Waals surface area contributed by atoms with Gasteiger partial charge in [0.15, 0.2) is 5.78 Å². The van der Waals surface area contributed by atoms with Crippen LogP contribution in [-0.4, -0.2) is 40.5 Å². The first-order chi connectivity index (χ1) is 10.4. The highest BCUT2D eigenvalue weighted by molar-refractivity contribution is 6.04.